The second-order valence-electron chi connectivity index (χ2n) is 8.39. The summed E-state index contributed by atoms with van der Waals surface area (Å²) in [4.78, 5) is 21.3. The van der Waals surface area contributed by atoms with E-state index in [1.165, 1.54) is 34.8 Å². The van der Waals surface area contributed by atoms with Crippen molar-refractivity contribution in [1.82, 2.24) is 18.8 Å². The summed E-state index contributed by atoms with van der Waals surface area (Å²) >= 11 is 0. The third-order valence-corrected chi connectivity index (χ3v) is 8.64. The number of nitrogens with zero attached hydrogens (tertiary/aromatic N) is 4. The van der Waals surface area contributed by atoms with Gasteiger partial charge in [-0.25, -0.2) is 34.9 Å². The number of rotatable bonds is 7. The first-order valence-electron chi connectivity index (χ1n) is 10.8. The summed E-state index contributed by atoms with van der Waals surface area (Å²) in [5, 5.41) is 3.27. The predicted molar refractivity (Wildman–Crippen MR) is 130 cm³/mol. The Balaban J connectivity index is 1.73. The maximum atomic E-state index is 13.6. The van der Waals surface area contributed by atoms with E-state index < -0.39 is 36.6 Å². The van der Waals surface area contributed by atoms with Gasteiger partial charge >= 0.3 is 0 Å². The molecule has 4 rings (SSSR count). The molecule has 15 heteroatoms. The fourth-order valence-corrected chi connectivity index (χ4v) is 6.12. The molecule has 1 aliphatic rings. The van der Waals surface area contributed by atoms with Gasteiger partial charge in [0.15, 0.2) is 0 Å². The van der Waals surface area contributed by atoms with E-state index in [1.807, 2.05) is 0 Å². The summed E-state index contributed by atoms with van der Waals surface area (Å²) in [5.74, 6) is 0.122. The number of piperidine rings is 1. The number of sulfonamides is 1. The Morgan fingerprint density at radius 2 is 1.83 bits per heavy atom. The smallest absolute Gasteiger partial charge is 0.269 e. The molecular weight excluding hydrogens is 540 g/mol. The quantitative estimate of drug-likeness (QED) is 0.435. The molecule has 1 fully saturated rings. The summed E-state index contributed by atoms with van der Waals surface area (Å²) < 4.78 is 77.1. The highest BCUT2D eigenvalue weighted by Gasteiger charge is 2.26. The molecule has 0 atom stereocenters. The minimum atomic E-state index is -4.17. The van der Waals surface area contributed by atoms with Gasteiger partial charge in [0.1, 0.15) is 5.65 Å². The lowest BCUT2D eigenvalue weighted by molar-refractivity contribution is 0.149. The molecule has 0 unspecified atom stereocenters. The van der Waals surface area contributed by atoms with Crippen LogP contribution in [0.2, 0.25) is 0 Å². The van der Waals surface area contributed by atoms with E-state index in [1.54, 1.807) is 0 Å². The van der Waals surface area contributed by atoms with E-state index in [2.05, 4.69) is 15.3 Å². The molecular formula is C21H22ClF2N5O5S2. The molecule has 0 bridgehead atoms. The molecule has 36 heavy (non-hydrogen) atoms. The van der Waals surface area contributed by atoms with Crippen molar-refractivity contribution in [2.24, 2.45) is 0 Å². The highest BCUT2D eigenvalue weighted by molar-refractivity contribution is 8.13. The Hall–Kier alpha value is -2.68. The third kappa shape index (κ3) is 5.66. The first kappa shape index (κ1) is 26.4. The molecule has 0 saturated carbocycles. The van der Waals surface area contributed by atoms with Gasteiger partial charge in [-0.3, -0.25) is 9.36 Å². The highest BCUT2D eigenvalue weighted by Crippen LogP contribution is 2.25. The van der Waals surface area contributed by atoms with Gasteiger partial charge in [-0.05, 0) is 30.5 Å². The van der Waals surface area contributed by atoms with Gasteiger partial charge in [0, 0.05) is 41.4 Å². The van der Waals surface area contributed by atoms with Crippen molar-refractivity contribution in [2.75, 3.05) is 24.7 Å². The van der Waals surface area contributed by atoms with Gasteiger partial charge in [0.2, 0.25) is 16.0 Å². The Kier molecular flexibility index (Phi) is 7.33. The number of halogens is 3. The van der Waals surface area contributed by atoms with E-state index in [-0.39, 0.29) is 40.0 Å². The van der Waals surface area contributed by atoms with Gasteiger partial charge in [0.05, 0.1) is 23.3 Å². The molecule has 1 aromatic carbocycles. The third-order valence-electron chi connectivity index (χ3n) is 5.91. The van der Waals surface area contributed by atoms with E-state index >= 15 is 0 Å². The first-order valence-corrected chi connectivity index (χ1v) is 14.9. The van der Waals surface area contributed by atoms with Crippen LogP contribution in [-0.4, -0.2) is 61.1 Å². The molecule has 0 spiro atoms. The summed E-state index contributed by atoms with van der Waals surface area (Å²) in [6, 6.07) is 6.54. The molecule has 1 saturated heterocycles. The average Bonchev–Trinajstić information content (AvgIpc) is 2.80. The van der Waals surface area contributed by atoms with Gasteiger partial charge in [-0.2, -0.15) is 4.98 Å². The predicted octanol–water partition coefficient (Wildman–Crippen LogP) is 2.54. The largest absolute Gasteiger partial charge is 0.351 e. The zero-order valence-corrected chi connectivity index (χ0v) is 21.3. The van der Waals surface area contributed by atoms with Crippen LogP contribution in [0, 0.1) is 0 Å². The summed E-state index contributed by atoms with van der Waals surface area (Å²) in [6.45, 7) is 0.258. The lowest BCUT2D eigenvalue weighted by Gasteiger charge is -2.30. The zero-order chi connectivity index (χ0) is 26.3. The maximum absolute atomic E-state index is 13.6. The van der Waals surface area contributed by atoms with Crippen molar-refractivity contribution in [3.05, 3.63) is 58.0 Å². The second kappa shape index (κ2) is 10.00. The number of hydrogen-bond donors (Lipinski definition) is 1. The number of anilines is 1. The van der Waals surface area contributed by atoms with Gasteiger partial charge in [-0.15, -0.1) is 0 Å². The van der Waals surface area contributed by atoms with E-state index in [9.17, 15) is 30.4 Å². The summed E-state index contributed by atoms with van der Waals surface area (Å²) in [7, 11) is -1.94. The molecule has 10 nitrogen and oxygen atoms in total. The van der Waals surface area contributed by atoms with Crippen LogP contribution in [0.15, 0.2) is 46.2 Å². The van der Waals surface area contributed by atoms with Gasteiger partial charge < -0.3 is 5.32 Å². The second-order valence-corrected chi connectivity index (χ2v) is 12.9. The van der Waals surface area contributed by atoms with Crippen LogP contribution >= 0.6 is 10.7 Å². The molecule has 3 aromatic rings. The summed E-state index contributed by atoms with van der Waals surface area (Å²) in [5.41, 5.74) is -1.64. The highest BCUT2D eigenvalue weighted by atomic mass is 35.7. The molecule has 1 N–H and O–H groups in total. The van der Waals surface area contributed by atoms with Crippen molar-refractivity contribution in [3.63, 3.8) is 0 Å². The molecule has 1 aliphatic heterocycles. The van der Waals surface area contributed by atoms with E-state index in [4.69, 9.17) is 10.7 Å². The van der Waals surface area contributed by atoms with Crippen LogP contribution in [0.5, 0.6) is 0 Å². The van der Waals surface area contributed by atoms with Crippen molar-refractivity contribution >= 4 is 46.7 Å². The number of nitrogens with one attached hydrogen (secondary N) is 1. The Bertz CT molecular complexity index is 1570. The summed E-state index contributed by atoms with van der Waals surface area (Å²) in [6.07, 6.45) is 0.354. The van der Waals surface area contributed by atoms with Crippen LogP contribution in [0.1, 0.15) is 30.4 Å². The normalized spacial score (nSPS) is 16.0. The van der Waals surface area contributed by atoms with Crippen molar-refractivity contribution < 1.29 is 25.6 Å². The van der Waals surface area contributed by atoms with E-state index in [0.717, 1.165) is 16.9 Å². The average molecular weight is 562 g/mol. The lowest BCUT2D eigenvalue weighted by atomic mass is 10.1. The lowest BCUT2D eigenvalue weighted by Crippen LogP contribution is -2.42. The standard InChI is InChI=1S/C21H22ClF2N5O5S2/c1-35(31,32)28-8-6-15(7-9-28)26-21-25-11-14-10-16(18(23)24)20(30)29(19(14)27-21)12-13-4-2-3-5-17(13)36(22,33)34/h2-5,10-11,15,18H,6-9,12H2,1H3,(H,25,26,27). The van der Waals surface area contributed by atoms with Crippen LogP contribution < -0.4 is 10.9 Å². The SMILES string of the molecule is CS(=O)(=O)N1CCC(Nc2ncc3cc(C(F)F)c(=O)n(Cc4ccccc4S(=O)(=O)Cl)c3n2)CC1. The zero-order valence-electron chi connectivity index (χ0n) is 18.9. The monoisotopic (exact) mass is 561 g/mol. The molecule has 194 valence electrons. The number of benzene rings is 1. The van der Waals surface area contributed by atoms with Gasteiger partial charge in [-0.1, -0.05) is 18.2 Å². The number of fused-ring (bicyclic) bond motifs is 1. The topological polar surface area (TPSA) is 131 Å². The van der Waals surface area contributed by atoms with Crippen molar-refractivity contribution in [2.45, 2.75) is 36.7 Å². The molecule has 0 amide bonds. The van der Waals surface area contributed by atoms with Crippen LogP contribution in [-0.2, 0) is 25.6 Å². The minimum absolute atomic E-state index is 0.0252. The fraction of sp³-hybridized carbons (Fsp3) is 0.381. The fourth-order valence-electron chi connectivity index (χ4n) is 4.11. The molecule has 0 radical (unpaired) electrons. The number of pyridine rings is 1. The van der Waals surface area contributed by atoms with Gasteiger partial charge in [0.25, 0.3) is 21.0 Å². The number of hydrogen-bond acceptors (Lipinski definition) is 8. The Morgan fingerprint density at radius 1 is 1.17 bits per heavy atom. The van der Waals surface area contributed by atoms with Crippen molar-refractivity contribution in [3.8, 4) is 0 Å². The minimum Gasteiger partial charge on any atom is -0.351 e. The molecule has 0 aliphatic carbocycles. The Labute approximate surface area is 210 Å². The van der Waals surface area contributed by atoms with Crippen LogP contribution in [0.4, 0.5) is 14.7 Å². The first-order chi connectivity index (χ1) is 16.8. The van der Waals surface area contributed by atoms with Crippen LogP contribution in [0.3, 0.4) is 0 Å². The van der Waals surface area contributed by atoms with E-state index in [0.29, 0.717) is 25.9 Å². The Morgan fingerprint density at radius 3 is 2.44 bits per heavy atom. The van der Waals surface area contributed by atoms with Crippen molar-refractivity contribution in [1.29, 1.82) is 0 Å². The number of alkyl halides is 2. The molecule has 3 heterocycles. The maximum Gasteiger partial charge on any atom is 0.269 e. The van der Waals surface area contributed by atoms with Crippen LogP contribution in [0.25, 0.3) is 11.0 Å². The molecule has 2 aromatic heterocycles. The number of aromatic nitrogens is 3.